The summed E-state index contributed by atoms with van der Waals surface area (Å²) in [6.45, 7) is 0. The monoisotopic (exact) mass is 270 g/mol. The molecule has 0 aliphatic carbocycles. The summed E-state index contributed by atoms with van der Waals surface area (Å²) >= 11 is 0. The van der Waals surface area contributed by atoms with Crippen LogP contribution in [0.2, 0.25) is 0 Å². The number of alkyl halides is 4. The first-order valence-electron chi connectivity index (χ1n) is 4.36. The maximum absolute atomic E-state index is 13.1. The molecule has 0 N–H and O–H groups in total. The molecule has 0 atom stereocenters. The third-order valence-electron chi connectivity index (χ3n) is 1.94. The Morgan fingerprint density at radius 2 is 1.89 bits per heavy atom. The molecule has 4 nitrogen and oxygen atoms in total. The average molecular weight is 270 g/mol. The average Bonchev–Trinajstić information content (AvgIpc) is 2.11. The fourth-order valence-corrected chi connectivity index (χ4v) is 1.34. The molecular formula is C9H3F5O4. The van der Waals surface area contributed by atoms with Crippen molar-refractivity contribution in [2.24, 2.45) is 0 Å². The summed E-state index contributed by atoms with van der Waals surface area (Å²) in [5.41, 5.74) is -0.993. The van der Waals surface area contributed by atoms with E-state index in [9.17, 15) is 26.7 Å². The lowest BCUT2D eigenvalue weighted by molar-refractivity contribution is -0.461. The number of halogens is 5. The van der Waals surface area contributed by atoms with Crippen molar-refractivity contribution in [2.75, 3.05) is 0 Å². The Labute approximate surface area is 95.9 Å². The zero-order valence-corrected chi connectivity index (χ0v) is 8.25. The van der Waals surface area contributed by atoms with Crippen LogP contribution in [0.4, 0.5) is 26.7 Å². The van der Waals surface area contributed by atoms with Gasteiger partial charge in [0.15, 0.2) is 0 Å². The van der Waals surface area contributed by atoms with Crippen LogP contribution < -0.4 is 9.47 Å². The van der Waals surface area contributed by atoms with E-state index in [0.717, 1.165) is 6.07 Å². The summed E-state index contributed by atoms with van der Waals surface area (Å²) in [5, 5.41) is 0. The number of rotatable bonds is 1. The van der Waals surface area contributed by atoms with Crippen LogP contribution in [0.3, 0.4) is 0 Å². The number of benzene rings is 1. The van der Waals surface area contributed by atoms with Crippen molar-refractivity contribution in [3.8, 4) is 11.5 Å². The number of ether oxygens (including phenoxy) is 3. The Kier molecular flexibility index (Phi) is 2.65. The molecule has 0 unspecified atom stereocenters. The number of fused-ring (bicyclic) bond motifs is 1. The van der Waals surface area contributed by atoms with Crippen LogP contribution in [0.1, 0.15) is 5.56 Å². The summed E-state index contributed by atoms with van der Waals surface area (Å²) in [5.74, 6) is -1.54. The minimum atomic E-state index is -4.55. The molecule has 1 aliphatic rings. The van der Waals surface area contributed by atoms with Crippen LogP contribution in [0, 0.1) is 0 Å². The first-order valence-corrected chi connectivity index (χ1v) is 4.36. The molecule has 0 fully saturated rings. The molecule has 9 heteroatoms. The van der Waals surface area contributed by atoms with Gasteiger partial charge in [-0.3, -0.25) is 0 Å². The first kappa shape index (κ1) is 12.6. The van der Waals surface area contributed by atoms with Crippen molar-refractivity contribution in [1.29, 1.82) is 0 Å². The van der Waals surface area contributed by atoms with Crippen molar-refractivity contribution in [1.82, 2.24) is 0 Å². The molecule has 0 radical (unpaired) electrons. The quantitative estimate of drug-likeness (QED) is 0.580. The van der Waals surface area contributed by atoms with Gasteiger partial charge in [0.1, 0.15) is 11.5 Å². The van der Waals surface area contributed by atoms with Crippen molar-refractivity contribution >= 4 is 6.22 Å². The molecule has 0 saturated heterocycles. The van der Waals surface area contributed by atoms with Crippen molar-refractivity contribution in [3.05, 3.63) is 23.8 Å². The summed E-state index contributed by atoms with van der Waals surface area (Å²) in [7, 11) is 0. The normalized spacial score (nSPS) is 19.6. The van der Waals surface area contributed by atoms with Gasteiger partial charge in [-0.1, -0.05) is 0 Å². The minimum absolute atomic E-state index is 0.525. The van der Waals surface area contributed by atoms with Crippen LogP contribution in [0.5, 0.6) is 11.5 Å². The maximum atomic E-state index is 13.1. The van der Waals surface area contributed by atoms with E-state index in [-0.39, 0.29) is 0 Å². The molecule has 2 rings (SSSR count). The zero-order chi connectivity index (χ0) is 13.6. The smallest absolute Gasteiger partial charge is 0.408 e. The standard InChI is InChI=1S/C9H3F5O4/c10-7(15)16-4-1-2-5-6(3-4)17-9(13,14)18-8(5,11)12/h1-3H. The lowest BCUT2D eigenvalue weighted by Gasteiger charge is -2.30. The van der Waals surface area contributed by atoms with Crippen molar-refractivity contribution in [3.63, 3.8) is 0 Å². The van der Waals surface area contributed by atoms with E-state index in [4.69, 9.17) is 0 Å². The Morgan fingerprint density at radius 1 is 1.22 bits per heavy atom. The Bertz CT molecular complexity index is 502. The van der Waals surface area contributed by atoms with Crippen LogP contribution >= 0.6 is 0 Å². The lowest BCUT2D eigenvalue weighted by Crippen LogP contribution is -2.41. The SMILES string of the molecule is O=C(F)Oc1ccc2c(c1)OC(F)(F)OC2(F)F. The van der Waals surface area contributed by atoms with Gasteiger partial charge in [0, 0.05) is 6.07 Å². The van der Waals surface area contributed by atoms with Crippen LogP contribution in [-0.2, 0) is 10.8 Å². The predicted octanol–water partition coefficient (Wildman–Crippen LogP) is 3.16. The Hall–Kier alpha value is -1.90. The molecule has 1 heterocycles. The van der Waals surface area contributed by atoms with E-state index >= 15 is 0 Å². The van der Waals surface area contributed by atoms with Gasteiger partial charge < -0.3 is 9.47 Å². The highest BCUT2D eigenvalue weighted by Gasteiger charge is 2.54. The number of carbonyl (C=O) groups excluding carboxylic acids is 1. The first-order chi connectivity index (χ1) is 8.20. The molecule has 98 valence electrons. The third kappa shape index (κ3) is 2.35. The Balaban J connectivity index is 2.43. The molecule has 18 heavy (non-hydrogen) atoms. The summed E-state index contributed by atoms with van der Waals surface area (Å²) in [6, 6.07) is 1.92. The van der Waals surface area contributed by atoms with Gasteiger partial charge in [-0.25, -0.2) is 9.53 Å². The van der Waals surface area contributed by atoms with Crippen molar-refractivity contribution < 1.29 is 41.0 Å². The maximum Gasteiger partial charge on any atom is 0.540 e. The van der Waals surface area contributed by atoms with E-state index in [1.165, 1.54) is 0 Å². The highest BCUT2D eigenvalue weighted by atomic mass is 19.3. The fourth-order valence-electron chi connectivity index (χ4n) is 1.34. The summed E-state index contributed by atoms with van der Waals surface area (Å²) < 4.78 is 74.3. The molecule has 0 aromatic heterocycles. The third-order valence-corrected chi connectivity index (χ3v) is 1.94. The minimum Gasteiger partial charge on any atom is -0.408 e. The highest BCUT2D eigenvalue weighted by Crippen LogP contribution is 2.47. The van der Waals surface area contributed by atoms with Crippen LogP contribution in [0.15, 0.2) is 18.2 Å². The molecule has 0 saturated carbocycles. The topological polar surface area (TPSA) is 44.8 Å². The van der Waals surface area contributed by atoms with Gasteiger partial charge in [0.05, 0.1) is 5.56 Å². The Morgan fingerprint density at radius 3 is 2.50 bits per heavy atom. The van der Waals surface area contributed by atoms with Gasteiger partial charge in [-0.05, 0) is 12.1 Å². The second kappa shape index (κ2) is 3.80. The molecule has 1 aromatic rings. The van der Waals surface area contributed by atoms with Gasteiger partial charge in [-0.15, -0.1) is 13.2 Å². The second-order valence-electron chi connectivity index (χ2n) is 3.18. The lowest BCUT2D eigenvalue weighted by atomic mass is 10.1. The molecule has 0 amide bonds. The van der Waals surface area contributed by atoms with E-state index in [1.54, 1.807) is 0 Å². The largest absolute Gasteiger partial charge is 0.540 e. The number of hydrogen-bond donors (Lipinski definition) is 0. The van der Waals surface area contributed by atoms with E-state index in [2.05, 4.69) is 14.2 Å². The molecular weight excluding hydrogens is 267 g/mol. The summed E-state index contributed by atoms with van der Waals surface area (Å²) in [6.07, 6.45) is -11.1. The second-order valence-corrected chi connectivity index (χ2v) is 3.18. The zero-order valence-electron chi connectivity index (χ0n) is 8.25. The fraction of sp³-hybridized carbons (Fsp3) is 0.222. The molecule has 1 aromatic carbocycles. The molecule has 1 aliphatic heterocycles. The number of carbonyl (C=O) groups is 1. The van der Waals surface area contributed by atoms with Crippen molar-refractivity contribution in [2.45, 2.75) is 12.4 Å². The van der Waals surface area contributed by atoms with Gasteiger partial charge >= 0.3 is 18.6 Å². The van der Waals surface area contributed by atoms with Crippen LogP contribution in [0.25, 0.3) is 0 Å². The summed E-state index contributed by atoms with van der Waals surface area (Å²) in [4.78, 5) is 9.99. The van der Waals surface area contributed by atoms with Gasteiger partial charge in [0.2, 0.25) is 0 Å². The van der Waals surface area contributed by atoms with E-state index in [0.29, 0.717) is 12.1 Å². The van der Waals surface area contributed by atoms with E-state index in [1.807, 2.05) is 0 Å². The highest BCUT2D eigenvalue weighted by molar-refractivity contribution is 5.62. The number of hydrogen-bond acceptors (Lipinski definition) is 4. The van der Waals surface area contributed by atoms with E-state index < -0.39 is 35.7 Å². The molecule has 0 spiro atoms. The van der Waals surface area contributed by atoms with Gasteiger partial charge in [-0.2, -0.15) is 8.78 Å². The van der Waals surface area contributed by atoms with Crippen LogP contribution in [-0.4, -0.2) is 12.5 Å². The predicted molar refractivity (Wildman–Crippen MR) is 44.1 cm³/mol. The molecule has 0 bridgehead atoms. The van der Waals surface area contributed by atoms with Gasteiger partial charge in [0.25, 0.3) is 0 Å².